The molecule has 0 aromatic carbocycles. The van der Waals surface area contributed by atoms with Crippen molar-refractivity contribution in [3.63, 3.8) is 0 Å². The zero-order valence-electron chi connectivity index (χ0n) is 43.6. The van der Waals surface area contributed by atoms with Crippen molar-refractivity contribution >= 4 is 19.7 Å². The number of rotatable bonds is 48. The van der Waals surface area contributed by atoms with E-state index in [-0.39, 0.29) is 31.3 Å². The van der Waals surface area contributed by atoms with Crippen molar-refractivity contribution in [2.45, 2.75) is 245 Å². The number of likely N-dealkylation sites (N-methyl/N-ethyl adjacent to an activating group) is 1. The maximum atomic E-state index is 13.4. The van der Waals surface area contributed by atoms with Crippen molar-refractivity contribution in [1.82, 2.24) is 5.32 Å². The molecule has 1 amide bonds. The second kappa shape index (κ2) is 46.4. The van der Waals surface area contributed by atoms with Gasteiger partial charge in [-0.05, 0) is 89.5 Å². The first-order chi connectivity index (χ1) is 31.9. The van der Waals surface area contributed by atoms with Crippen molar-refractivity contribution in [3.8, 4) is 0 Å². The molecule has 1 N–H and O–H groups in total. The number of hydrogen-bond donors (Lipinski definition) is 1. The molecule has 0 rings (SSSR count). The third-order valence-corrected chi connectivity index (χ3v) is 12.6. The Morgan fingerprint density at radius 3 is 1.48 bits per heavy atom. The summed E-state index contributed by atoms with van der Waals surface area (Å²) >= 11 is 0. The molecule has 66 heavy (non-hydrogen) atoms. The van der Waals surface area contributed by atoms with Crippen molar-refractivity contribution in [1.29, 1.82) is 0 Å². The Labute approximate surface area is 407 Å². The lowest BCUT2D eigenvalue weighted by Gasteiger charge is -2.30. The molecule has 0 aliphatic carbocycles. The van der Waals surface area contributed by atoms with Gasteiger partial charge in [0.15, 0.2) is 0 Å². The number of phosphoric acid groups is 1. The number of esters is 1. The number of unbranched alkanes of at least 4 members (excludes halogenated alkanes) is 24. The minimum atomic E-state index is -4.70. The third kappa shape index (κ3) is 46.8. The van der Waals surface area contributed by atoms with E-state index in [1.165, 1.54) is 96.3 Å². The summed E-state index contributed by atoms with van der Waals surface area (Å²) in [5.41, 5.74) is 0. The summed E-state index contributed by atoms with van der Waals surface area (Å²) in [7, 11) is 1.16. The SMILES string of the molecule is CC/C=C/C/C=C/C/C=C/CCCCCCC(=O)NC(COP(=O)([O-])OCC[N+](C)(C)C)C(/C=C/CCCCCCCCCCC)OC(=O)CCCCCCCCC/C=C\CCCCCC. The van der Waals surface area contributed by atoms with Crippen LogP contribution in [0.15, 0.2) is 60.8 Å². The fraction of sp³-hybridized carbons (Fsp3) is 0.786. The number of carbonyl (C=O) groups excluding carboxylic acids is 2. The largest absolute Gasteiger partial charge is 0.756 e. The average molecular weight is 947 g/mol. The van der Waals surface area contributed by atoms with Gasteiger partial charge in [0.1, 0.15) is 19.3 Å². The van der Waals surface area contributed by atoms with E-state index in [0.29, 0.717) is 17.4 Å². The highest BCUT2D eigenvalue weighted by atomic mass is 31.2. The number of amides is 1. The topological polar surface area (TPSA) is 114 Å². The molecule has 0 saturated heterocycles. The van der Waals surface area contributed by atoms with E-state index < -0.39 is 26.6 Å². The highest BCUT2D eigenvalue weighted by Gasteiger charge is 2.27. The molecule has 384 valence electrons. The summed E-state index contributed by atoms with van der Waals surface area (Å²) < 4.78 is 30.1. The van der Waals surface area contributed by atoms with E-state index in [1.807, 2.05) is 33.3 Å². The van der Waals surface area contributed by atoms with Crippen LogP contribution in [0.25, 0.3) is 0 Å². The second-order valence-corrected chi connectivity index (χ2v) is 20.8. The summed E-state index contributed by atoms with van der Waals surface area (Å²) in [6.07, 6.45) is 56.1. The number of nitrogens with zero attached hydrogens (tertiary/aromatic N) is 1. The average Bonchev–Trinajstić information content (AvgIpc) is 3.27. The first-order valence-electron chi connectivity index (χ1n) is 27.1. The third-order valence-electron chi connectivity index (χ3n) is 11.7. The Bertz CT molecular complexity index is 1320. The minimum Gasteiger partial charge on any atom is -0.756 e. The molecule has 3 atom stereocenters. The molecule has 10 heteroatoms. The van der Waals surface area contributed by atoms with Gasteiger partial charge in [-0.3, -0.25) is 14.2 Å². The van der Waals surface area contributed by atoms with E-state index in [0.717, 1.165) is 96.3 Å². The molecule has 0 bridgehead atoms. The van der Waals surface area contributed by atoms with Crippen molar-refractivity contribution in [2.75, 3.05) is 40.9 Å². The fourth-order valence-electron chi connectivity index (χ4n) is 7.47. The van der Waals surface area contributed by atoms with Crippen molar-refractivity contribution in [3.05, 3.63) is 60.8 Å². The smallest absolute Gasteiger partial charge is 0.306 e. The van der Waals surface area contributed by atoms with E-state index in [2.05, 4.69) is 74.7 Å². The Balaban J connectivity index is 5.41. The van der Waals surface area contributed by atoms with Crippen LogP contribution < -0.4 is 10.2 Å². The molecule has 0 aliphatic heterocycles. The summed E-state index contributed by atoms with van der Waals surface area (Å²) in [4.78, 5) is 39.7. The van der Waals surface area contributed by atoms with Gasteiger partial charge in [0.05, 0.1) is 33.8 Å². The van der Waals surface area contributed by atoms with E-state index in [9.17, 15) is 19.0 Å². The highest BCUT2D eigenvalue weighted by Crippen LogP contribution is 2.38. The van der Waals surface area contributed by atoms with Gasteiger partial charge >= 0.3 is 5.97 Å². The molecule has 0 aromatic heterocycles. The normalized spacial score (nSPS) is 14.3. The Morgan fingerprint density at radius 1 is 0.545 bits per heavy atom. The molecule has 0 fully saturated rings. The second-order valence-electron chi connectivity index (χ2n) is 19.3. The van der Waals surface area contributed by atoms with Gasteiger partial charge < -0.3 is 28.5 Å². The molecule has 9 nitrogen and oxygen atoms in total. The predicted molar refractivity (Wildman–Crippen MR) is 279 cm³/mol. The van der Waals surface area contributed by atoms with Crippen LogP contribution in [0.4, 0.5) is 0 Å². The summed E-state index contributed by atoms with van der Waals surface area (Å²) in [6, 6.07) is -0.900. The van der Waals surface area contributed by atoms with Gasteiger partial charge in [-0.25, -0.2) is 0 Å². The van der Waals surface area contributed by atoms with Crippen LogP contribution in [0.2, 0.25) is 0 Å². The lowest BCUT2D eigenvalue weighted by Crippen LogP contribution is -2.47. The maximum absolute atomic E-state index is 13.4. The number of hydrogen-bond acceptors (Lipinski definition) is 7. The van der Waals surface area contributed by atoms with Crippen LogP contribution in [0, 0.1) is 0 Å². The summed E-state index contributed by atoms with van der Waals surface area (Å²) in [5, 5.41) is 3.00. The first kappa shape index (κ1) is 63.7. The fourth-order valence-corrected chi connectivity index (χ4v) is 8.19. The van der Waals surface area contributed by atoms with E-state index in [4.69, 9.17) is 13.8 Å². The zero-order chi connectivity index (χ0) is 48.7. The van der Waals surface area contributed by atoms with Gasteiger partial charge in [-0.15, -0.1) is 0 Å². The zero-order valence-corrected chi connectivity index (χ0v) is 44.5. The van der Waals surface area contributed by atoms with Crippen LogP contribution in [-0.2, 0) is 27.9 Å². The molecular weight excluding hydrogens is 844 g/mol. The monoisotopic (exact) mass is 947 g/mol. The van der Waals surface area contributed by atoms with E-state index >= 15 is 0 Å². The first-order valence-corrected chi connectivity index (χ1v) is 28.6. The van der Waals surface area contributed by atoms with E-state index in [1.54, 1.807) is 0 Å². The van der Waals surface area contributed by atoms with Gasteiger partial charge in [-0.1, -0.05) is 191 Å². The van der Waals surface area contributed by atoms with Gasteiger partial charge in [-0.2, -0.15) is 0 Å². The number of nitrogens with one attached hydrogen (secondary N) is 1. The van der Waals surface area contributed by atoms with Crippen LogP contribution in [0.5, 0.6) is 0 Å². The van der Waals surface area contributed by atoms with Gasteiger partial charge in [0.2, 0.25) is 5.91 Å². The van der Waals surface area contributed by atoms with Crippen molar-refractivity contribution in [2.24, 2.45) is 0 Å². The molecule has 0 saturated carbocycles. The standard InChI is InChI=1S/C56H103N2O7P/c1-7-10-13-16-19-22-25-27-29-31-34-37-40-43-46-49-56(60)65-54(47-44-41-38-35-32-24-21-18-15-12-9-3)53(52-64-66(61,62)63-51-50-58(4,5)6)57-55(59)48-45-42-39-36-33-30-28-26-23-20-17-14-11-8-2/h11,14,20,22-23,25,28,30,44,47,53-54H,7-10,12-13,15-19,21,24,26-27,29,31-43,45-46,48-52H2,1-6H3,(H-,57,59,61,62)/b14-11+,23-20+,25-22-,30-28+,47-44+. The van der Waals surface area contributed by atoms with Crippen LogP contribution >= 0.6 is 7.82 Å². The number of allylic oxidation sites excluding steroid dienone is 9. The van der Waals surface area contributed by atoms with Crippen LogP contribution in [0.1, 0.15) is 233 Å². The molecule has 0 aromatic rings. The summed E-state index contributed by atoms with van der Waals surface area (Å²) in [6.45, 7) is 6.67. The Hall–Kier alpha value is -2.29. The predicted octanol–water partition coefficient (Wildman–Crippen LogP) is 15.3. The number of carbonyl (C=O) groups is 2. The lowest BCUT2D eigenvalue weighted by molar-refractivity contribution is -0.870. The molecule has 0 aliphatic rings. The van der Waals surface area contributed by atoms with Crippen LogP contribution in [-0.4, -0.2) is 69.4 Å². The molecule has 0 heterocycles. The maximum Gasteiger partial charge on any atom is 0.306 e. The lowest BCUT2D eigenvalue weighted by atomic mass is 10.1. The van der Waals surface area contributed by atoms with Gasteiger partial charge in [0.25, 0.3) is 7.82 Å². The number of phosphoric ester groups is 1. The molecule has 0 radical (unpaired) electrons. The van der Waals surface area contributed by atoms with Gasteiger partial charge in [0, 0.05) is 12.8 Å². The minimum absolute atomic E-state index is 0.0290. The molecule has 0 spiro atoms. The summed E-state index contributed by atoms with van der Waals surface area (Å²) in [5.74, 6) is -0.574. The number of quaternary nitrogens is 1. The number of ether oxygens (including phenoxy) is 1. The quantitative estimate of drug-likeness (QED) is 0.0212. The highest BCUT2D eigenvalue weighted by molar-refractivity contribution is 7.45. The van der Waals surface area contributed by atoms with Crippen molar-refractivity contribution < 1.29 is 37.3 Å². The molecular formula is C56H103N2O7P. The van der Waals surface area contributed by atoms with Crippen LogP contribution in [0.3, 0.4) is 0 Å². The molecule has 3 unspecified atom stereocenters. The Kier molecular flexibility index (Phi) is 44.8. The Morgan fingerprint density at radius 2 is 0.970 bits per heavy atom.